The highest BCUT2D eigenvalue weighted by atomic mass is 32.2. The van der Waals surface area contributed by atoms with Gasteiger partial charge >= 0.3 is 0 Å². The van der Waals surface area contributed by atoms with Crippen LogP contribution in [0.5, 0.6) is 0 Å². The van der Waals surface area contributed by atoms with Gasteiger partial charge in [0.25, 0.3) is 0 Å². The third-order valence-corrected chi connectivity index (χ3v) is 7.11. The van der Waals surface area contributed by atoms with E-state index >= 15 is 0 Å². The average molecular weight is 360 g/mol. The first-order valence-electron chi connectivity index (χ1n) is 8.59. The molecule has 1 amide bonds. The number of sulfone groups is 1. The van der Waals surface area contributed by atoms with Gasteiger partial charge in [-0.2, -0.15) is 0 Å². The Labute approximate surface area is 148 Å². The van der Waals surface area contributed by atoms with Gasteiger partial charge < -0.3 is 10.6 Å². The van der Waals surface area contributed by atoms with Crippen LogP contribution in [-0.2, 0) is 21.1 Å². The van der Waals surface area contributed by atoms with Crippen LogP contribution in [0.15, 0.2) is 42.5 Å². The molecule has 0 unspecified atom stereocenters. The molecule has 6 heteroatoms. The number of hydrogen-bond donors (Lipinski definition) is 2. The highest BCUT2D eigenvalue weighted by Gasteiger charge is 2.48. The van der Waals surface area contributed by atoms with Crippen molar-refractivity contribution in [2.45, 2.75) is 24.0 Å². The lowest BCUT2D eigenvalue weighted by Crippen LogP contribution is -2.57. The summed E-state index contributed by atoms with van der Waals surface area (Å²) in [5.41, 5.74) is 1.15. The van der Waals surface area contributed by atoms with Crippen molar-refractivity contribution in [2.24, 2.45) is 0 Å². The Bertz CT molecular complexity index is 866. The normalized spacial score (nSPS) is 17.3. The molecule has 2 aromatic carbocycles. The van der Waals surface area contributed by atoms with E-state index in [1.165, 1.54) is 11.6 Å². The van der Waals surface area contributed by atoms with Crippen LogP contribution in [0.3, 0.4) is 0 Å². The Hall–Kier alpha value is -1.92. The van der Waals surface area contributed by atoms with E-state index in [-0.39, 0.29) is 5.91 Å². The molecule has 1 aliphatic rings. The van der Waals surface area contributed by atoms with Gasteiger partial charge in [-0.3, -0.25) is 4.79 Å². The molecule has 1 aliphatic heterocycles. The number of fused-ring (bicyclic) bond motifs is 1. The summed E-state index contributed by atoms with van der Waals surface area (Å²) in [7, 11) is -3.47. The van der Waals surface area contributed by atoms with Crippen molar-refractivity contribution in [3.05, 3.63) is 48.0 Å². The molecule has 134 valence electrons. The summed E-state index contributed by atoms with van der Waals surface area (Å²) in [6.45, 7) is 1.52. The molecule has 0 aliphatic carbocycles. The topological polar surface area (TPSA) is 75.3 Å². The molecular weight excluding hydrogens is 336 g/mol. The van der Waals surface area contributed by atoms with Gasteiger partial charge in [0, 0.05) is 12.8 Å². The van der Waals surface area contributed by atoms with E-state index in [1.807, 2.05) is 24.3 Å². The second kappa shape index (κ2) is 7.14. The van der Waals surface area contributed by atoms with E-state index in [0.717, 1.165) is 10.9 Å². The van der Waals surface area contributed by atoms with Gasteiger partial charge in [0.05, 0.1) is 0 Å². The van der Waals surface area contributed by atoms with Crippen molar-refractivity contribution < 1.29 is 13.2 Å². The number of amides is 1. The molecule has 1 saturated heterocycles. The van der Waals surface area contributed by atoms with Crippen molar-refractivity contribution in [1.82, 2.24) is 10.6 Å². The number of rotatable bonds is 5. The van der Waals surface area contributed by atoms with E-state index < -0.39 is 14.6 Å². The Kier molecular flexibility index (Phi) is 5.11. The first-order valence-corrected chi connectivity index (χ1v) is 10.5. The number of benzene rings is 2. The average Bonchev–Trinajstić information content (AvgIpc) is 2.61. The predicted molar refractivity (Wildman–Crippen MR) is 100 cm³/mol. The van der Waals surface area contributed by atoms with Crippen molar-refractivity contribution in [1.29, 1.82) is 0 Å². The first kappa shape index (κ1) is 17.9. The predicted octanol–water partition coefficient (Wildman–Crippen LogP) is 1.67. The molecule has 0 spiro atoms. The zero-order valence-electron chi connectivity index (χ0n) is 14.4. The first-order chi connectivity index (χ1) is 11.9. The highest BCUT2D eigenvalue weighted by molar-refractivity contribution is 7.92. The van der Waals surface area contributed by atoms with Gasteiger partial charge in [-0.15, -0.1) is 0 Å². The minimum Gasteiger partial charge on any atom is -0.354 e. The Balaban J connectivity index is 1.71. The third kappa shape index (κ3) is 3.55. The number of piperidine rings is 1. The summed E-state index contributed by atoms with van der Waals surface area (Å²) in [5.74, 6) is -0.364. The van der Waals surface area contributed by atoms with E-state index in [1.54, 1.807) is 0 Å². The third-order valence-electron chi connectivity index (χ3n) is 5.09. The van der Waals surface area contributed by atoms with Crippen LogP contribution >= 0.6 is 0 Å². The molecule has 2 aromatic rings. The van der Waals surface area contributed by atoms with Crippen molar-refractivity contribution in [2.75, 3.05) is 25.9 Å². The lowest BCUT2D eigenvalue weighted by molar-refractivity contribution is -0.124. The zero-order chi connectivity index (χ0) is 17.9. The van der Waals surface area contributed by atoms with E-state index in [9.17, 15) is 13.2 Å². The van der Waals surface area contributed by atoms with Gasteiger partial charge in [-0.25, -0.2) is 8.42 Å². The second-order valence-electron chi connectivity index (χ2n) is 6.66. The SMILES string of the molecule is CS(=O)(=O)C1(C(=O)NCCc2cccc3ccccc23)CCNCC1. The lowest BCUT2D eigenvalue weighted by Gasteiger charge is -2.34. The summed E-state index contributed by atoms with van der Waals surface area (Å²) in [6.07, 6.45) is 2.49. The van der Waals surface area contributed by atoms with Crippen LogP contribution in [0.4, 0.5) is 0 Å². The summed E-state index contributed by atoms with van der Waals surface area (Å²) < 4.78 is 23.2. The molecule has 0 bridgehead atoms. The summed E-state index contributed by atoms with van der Waals surface area (Å²) in [6, 6.07) is 14.2. The molecule has 5 nitrogen and oxygen atoms in total. The maximum atomic E-state index is 12.7. The van der Waals surface area contributed by atoms with Crippen LogP contribution in [-0.4, -0.2) is 45.0 Å². The minimum absolute atomic E-state index is 0.325. The largest absolute Gasteiger partial charge is 0.354 e. The quantitative estimate of drug-likeness (QED) is 0.850. The fraction of sp³-hybridized carbons (Fsp3) is 0.421. The van der Waals surface area contributed by atoms with Crippen molar-refractivity contribution in [3.8, 4) is 0 Å². The van der Waals surface area contributed by atoms with Crippen LogP contribution < -0.4 is 10.6 Å². The molecule has 0 aromatic heterocycles. The zero-order valence-corrected chi connectivity index (χ0v) is 15.2. The van der Waals surface area contributed by atoms with Crippen molar-refractivity contribution >= 4 is 26.5 Å². The Morgan fingerprint density at radius 1 is 1.12 bits per heavy atom. The van der Waals surface area contributed by atoms with E-state index in [2.05, 4.69) is 28.8 Å². The Morgan fingerprint density at radius 2 is 1.80 bits per heavy atom. The van der Waals surface area contributed by atoms with Crippen molar-refractivity contribution in [3.63, 3.8) is 0 Å². The molecule has 1 heterocycles. The minimum atomic E-state index is -3.47. The molecule has 2 N–H and O–H groups in total. The molecule has 0 saturated carbocycles. The maximum absolute atomic E-state index is 12.7. The Morgan fingerprint density at radius 3 is 2.52 bits per heavy atom. The summed E-state index contributed by atoms with van der Waals surface area (Å²) in [5, 5.41) is 8.32. The molecule has 0 radical (unpaired) electrons. The maximum Gasteiger partial charge on any atom is 0.241 e. The summed E-state index contributed by atoms with van der Waals surface area (Å²) in [4.78, 5) is 12.7. The van der Waals surface area contributed by atoms with Crippen LogP contribution in [0.1, 0.15) is 18.4 Å². The molecule has 0 atom stereocenters. The number of nitrogens with one attached hydrogen (secondary N) is 2. The fourth-order valence-electron chi connectivity index (χ4n) is 3.58. The fourth-order valence-corrected chi connectivity index (χ4v) is 4.93. The molecule has 3 rings (SSSR count). The molecule has 1 fully saturated rings. The van der Waals surface area contributed by atoms with Crippen LogP contribution in [0.2, 0.25) is 0 Å². The van der Waals surface area contributed by atoms with Gasteiger partial charge in [0.1, 0.15) is 0 Å². The smallest absolute Gasteiger partial charge is 0.241 e. The van der Waals surface area contributed by atoms with Crippen LogP contribution in [0, 0.1) is 0 Å². The summed E-state index contributed by atoms with van der Waals surface area (Å²) >= 11 is 0. The van der Waals surface area contributed by atoms with Gasteiger partial charge in [-0.05, 0) is 48.7 Å². The number of carbonyl (C=O) groups excluding carboxylic acids is 1. The highest BCUT2D eigenvalue weighted by Crippen LogP contribution is 2.28. The van der Waals surface area contributed by atoms with Gasteiger partial charge in [0.2, 0.25) is 5.91 Å². The van der Waals surface area contributed by atoms with Gasteiger partial charge in [-0.1, -0.05) is 42.5 Å². The van der Waals surface area contributed by atoms with E-state index in [0.29, 0.717) is 38.9 Å². The molecule has 25 heavy (non-hydrogen) atoms. The standard InChI is InChI=1S/C19H24N2O3S/c1-25(23,24)19(10-13-20-14-11-19)18(22)21-12-9-16-7-4-6-15-5-2-3-8-17(15)16/h2-8,20H,9-14H2,1H3,(H,21,22). The number of carbonyl (C=O) groups is 1. The monoisotopic (exact) mass is 360 g/mol. The van der Waals surface area contributed by atoms with Gasteiger partial charge in [0.15, 0.2) is 14.6 Å². The second-order valence-corrected chi connectivity index (χ2v) is 8.99. The lowest BCUT2D eigenvalue weighted by atomic mass is 9.95. The van der Waals surface area contributed by atoms with E-state index in [4.69, 9.17) is 0 Å². The van der Waals surface area contributed by atoms with Crippen LogP contribution in [0.25, 0.3) is 10.8 Å². The number of hydrogen-bond acceptors (Lipinski definition) is 4. The molecular formula is C19H24N2O3S.